The number of rotatable bonds is 5. The highest BCUT2D eigenvalue weighted by atomic mass is 16.5. The maximum atomic E-state index is 6.40. The van der Waals surface area contributed by atoms with Gasteiger partial charge in [0.15, 0.2) is 5.82 Å². The molecule has 134 valence electrons. The number of aromatic nitrogens is 3. The summed E-state index contributed by atoms with van der Waals surface area (Å²) in [7, 11) is 0. The third-order valence-corrected chi connectivity index (χ3v) is 5.40. The zero-order valence-corrected chi connectivity index (χ0v) is 14.6. The maximum Gasteiger partial charge on any atom is 0.228 e. The Morgan fingerprint density at radius 2 is 1.92 bits per heavy atom. The number of anilines is 1. The van der Waals surface area contributed by atoms with Gasteiger partial charge >= 0.3 is 0 Å². The van der Waals surface area contributed by atoms with Gasteiger partial charge in [-0.3, -0.25) is 4.90 Å². The molecule has 7 nitrogen and oxygen atoms in total. The van der Waals surface area contributed by atoms with E-state index in [4.69, 9.17) is 10.3 Å². The molecule has 2 N–H and O–H groups in total. The highest BCUT2D eigenvalue weighted by Crippen LogP contribution is 2.34. The normalized spacial score (nSPS) is 20.9. The van der Waals surface area contributed by atoms with Crippen LogP contribution in [0.15, 0.2) is 28.9 Å². The van der Waals surface area contributed by atoms with Gasteiger partial charge in [-0.15, -0.1) is 0 Å². The van der Waals surface area contributed by atoms with Crippen molar-refractivity contribution in [1.82, 2.24) is 20.0 Å². The highest BCUT2D eigenvalue weighted by molar-refractivity contribution is 5.38. The van der Waals surface area contributed by atoms with Gasteiger partial charge in [0.2, 0.25) is 5.89 Å². The number of hydrogen-bond donors (Lipinski definition) is 1. The fourth-order valence-electron chi connectivity index (χ4n) is 3.78. The minimum absolute atomic E-state index is 0.365. The lowest BCUT2D eigenvalue weighted by molar-refractivity contribution is 0.248. The van der Waals surface area contributed by atoms with E-state index in [1.165, 1.54) is 0 Å². The van der Waals surface area contributed by atoms with Gasteiger partial charge in [0, 0.05) is 45.3 Å². The Morgan fingerprint density at radius 3 is 2.64 bits per heavy atom. The fraction of sp³-hybridized carbons (Fsp3) is 0.611. The Bertz CT molecular complexity index is 674. The zero-order valence-electron chi connectivity index (χ0n) is 14.6. The van der Waals surface area contributed by atoms with Gasteiger partial charge in [-0.25, -0.2) is 4.98 Å². The van der Waals surface area contributed by atoms with Crippen LogP contribution in [0.2, 0.25) is 0 Å². The van der Waals surface area contributed by atoms with Crippen molar-refractivity contribution in [3.63, 3.8) is 0 Å². The number of hydrogen-bond acceptors (Lipinski definition) is 7. The minimum Gasteiger partial charge on any atom is -0.354 e. The SMILES string of the molecule is NC1(c2noc(CCN3CCN(c4ccccn4)CC3)n2)CCCC1. The first kappa shape index (κ1) is 16.5. The Morgan fingerprint density at radius 1 is 1.12 bits per heavy atom. The first-order valence-corrected chi connectivity index (χ1v) is 9.23. The highest BCUT2D eigenvalue weighted by Gasteiger charge is 2.35. The van der Waals surface area contributed by atoms with Crippen LogP contribution < -0.4 is 10.6 Å². The van der Waals surface area contributed by atoms with E-state index in [-0.39, 0.29) is 5.54 Å². The third kappa shape index (κ3) is 3.67. The Kier molecular flexibility index (Phi) is 4.67. The molecule has 1 aliphatic heterocycles. The van der Waals surface area contributed by atoms with Gasteiger partial charge in [0.25, 0.3) is 0 Å². The van der Waals surface area contributed by atoms with Gasteiger partial charge in [0.1, 0.15) is 5.82 Å². The molecule has 7 heteroatoms. The van der Waals surface area contributed by atoms with E-state index in [2.05, 4.69) is 31.0 Å². The predicted molar refractivity (Wildman–Crippen MR) is 95.2 cm³/mol. The lowest BCUT2D eigenvalue weighted by Crippen LogP contribution is -2.47. The van der Waals surface area contributed by atoms with Crippen LogP contribution in [-0.4, -0.2) is 52.7 Å². The molecule has 25 heavy (non-hydrogen) atoms. The van der Waals surface area contributed by atoms with E-state index < -0.39 is 0 Å². The summed E-state index contributed by atoms with van der Waals surface area (Å²) in [6.07, 6.45) is 6.86. The summed E-state index contributed by atoms with van der Waals surface area (Å²) in [5, 5.41) is 4.14. The average Bonchev–Trinajstić information content (AvgIpc) is 3.31. The van der Waals surface area contributed by atoms with Crippen LogP contribution in [0.4, 0.5) is 5.82 Å². The van der Waals surface area contributed by atoms with Crippen LogP contribution in [0.25, 0.3) is 0 Å². The van der Waals surface area contributed by atoms with E-state index in [0.29, 0.717) is 11.7 Å². The van der Waals surface area contributed by atoms with Crippen molar-refractivity contribution in [1.29, 1.82) is 0 Å². The summed E-state index contributed by atoms with van der Waals surface area (Å²) in [4.78, 5) is 13.8. The molecule has 1 saturated carbocycles. The second kappa shape index (κ2) is 7.09. The molecule has 0 spiro atoms. The molecule has 0 bridgehead atoms. The average molecular weight is 342 g/mol. The summed E-state index contributed by atoms with van der Waals surface area (Å²) in [5.41, 5.74) is 6.03. The van der Waals surface area contributed by atoms with Crippen LogP contribution >= 0.6 is 0 Å². The van der Waals surface area contributed by atoms with Crippen molar-refractivity contribution >= 4 is 5.82 Å². The van der Waals surface area contributed by atoms with Gasteiger partial charge in [-0.2, -0.15) is 4.98 Å². The van der Waals surface area contributed by atoms with Gasteiger partial charge in [-0.05, 0) is 25.0 Å². The molecule has 1 saturated heterocycles. The molecule has 0 radical (unpaired) electrons. The molecule has 0 aromatic carbocycles. The zero-order chi connectivity index (χ0) is 17.1. The topological polar surface area (TPSA) is 84.3 Å². The summed E-state index contributed by atoms with van der Waals surface area (Å²) in [6.45, 7) is 4.99. The monoisotopic (exact) mass is 342 g/mol. The smallest absolute Gasteiger partial charge is 0.228 e. The summed E-state index contributed by atoms with van der Waals surface area (Å²) < 4.78 is 5.44. The minimum atomic E-state index is -0.365. The molecule has 0 unspecified atom stereocenters. The van der Waals surface area contributed by atoms with Gasteiger partial charge in [0.05, 0.1) is 5.54 Å². The molecule has 3 heterocycles. The molecular weight excluding hydrogens is 316 g/mol. The molecule has 2 fully saturated rings. The van der Waals surface area contributed by atoms with Crippen molar-refractivity contribution in [2.75, 3.05) is 37.6 Å². The first-order valence-electron chi connectivity index (χ1n) is 9.23. The number of nitrogens with zero attached hydrogens (tertiary/aromatic N) is 5. The second-order valence-corrected chi connectivity index (χ2v) is 7.14. The molecule has 4 rings (SSSR count). The molecule has 2 aromatic heterocycles. The molecule has 1 aliphatic carbocycles. The van der Waals surface area contributed by atoms with Crippen LogP contribution in [0, 0.1) is 0 Å². The van der Waals surface area contributed by atoms with E-state index >= 15 is 0 Å². The van der Waals surface area contributed by atoms with E-state index in [0.717, 1.165) is 70.6 Å². The molecule has 2 aromatic rings. The Balaban J connectivity index is 1.26. The lowest BCUT2D eigenvalue weighted by Gasteiger charge is -2.35. The van der Waals surface area contributed by atoms with Crippen molar-refractivity contribution in [2.45, 2.75) is 37.6 Å². The van der Waals surface area contributed by atoms with Crippen molar-refractivity contribution < 1.29 is 4.52 Å². The quantitative estimate of drug-likeness (QED) is 0.882. The lowest BCUT2D eigenvalue weighted by atomic mass is 9.99. The third-order valence-electron chi connectivity index (χ3n) is 5.40. The first-order chi connectivity index (χ1) is 12.2. The summed E-state index contributed by atoms with van der Waals surface area (Å²) in [5.74, 6) is 2.47. The molecule has 2 aliphatic rings. The van der Waals surface area contributed by atoms with Crippen LogP contribution in [-0.2, 0) is 12.0 Å². The number of pyridine rings is 1. The number of nitrogens with two attached hydrogens (primary N) is 1. The fourth-order valence-corrected chi connectivity index (χ4v) is 3.78. The second-order valence-electron chi connectivity index (χ2n) is 7.14. The molecular formula is C18H26N6O. The van der Waals surface area contributed by atoms with Crippen LogP contribution in [0.3, 0.4) is 0 Å². The molecule has 0 amide bonds. The standard InChI is InChI=1S/C18H26N6O/c19-18(7-2-3-8-18)17-21-16(25-22-17)6-10-23-11-13-24(14-12-23)15-5-1-4-9-20-15/h1,4-5,9H,2-3,6-8,10-14,19H2. The van der Waals surface area contributed by atoms with E-state index in [1.807, 2.05) is 18.3 Å². The summed E-state index contributed by atoms with van der Waals surface area (Å²) in [6, 6.07) is 6.06. The number of piperazine rings is 1. The predicted octanol–water partition coefficient (Wildman–Crippen LogP) is 1.56. The Hall–Kier alpha value is -1.99. The molecule has 0 atom stereocenters. The maximum absolute atomic E-state index is 6.40. The Labute approximate surface area is 148 Å². The van der Waals surface area contributed by atoms with Crippen LogP contribution in [0.5, 0.6) is 0 Å². The van der Waals surface area contributed by atoms with Crippen molar-refractivity contribution in [3.8, 4) is 0 Å². The van der Waals surface area contributed by atoms with E-state index in [1.54, 1.807) is 0 Å². The van der Waals surface area contributed by atoms with Crippen LogP contribution in [0.1, 0.15) is 37.4 Å². The van der Waals surface area contributed by atoms with Crippen molar-refractivity contribution in [3.05, 3.63) is 36.1 Å². The largest absolute Gasteiger partial charge is 0.354 e. The van der Waals surface area contributed by atoms with Crippen molar-refractivity contribution in [2.24, 2.45) is 5.73 Å². The van der Waals surface area contributed by atoms with Gasteiger partial charge < -0.3 is 15.2 Å². The van der Waals surface area contributed by atoms with E-state index in [9.17, 15) is 0 Å². The summed E-state index contributed by atoms with van der Waals surface area (Å²) >= 11 is 0. The van der Waals surface area contributed by atoms with Gasteiger partial charge in [-0.1, -0.05) is 24.1 Å².